The Morgan fingerprint density at radius 2 is 0.870 bits per heavy atom. The first kappa shape index (κ1) is 58.9. The maximum absolute atomic E-state index is 13.2. The van der Waals surface area contributed by atoms with Gasteiger partial charge in [0.25, 0.3) is 0 Å². The van der Waals surface area contributed by atoms with Gasteiger partial charge in [-0.1, -0.05) is 205 Å². The minimum Gasteiger partial charge on any atom is -0.490 e. The molecule has 0 bridgehead atoms. The molecule has 0 spiro atoms. The second-order valence-corrected chi connectivity index (χ2v) is 18.7. The van der Waals surface area contributed by atoms with E-state index in [0.29, 0.717) is 63.8 Å². The van der Waals surface area contributed by atoms with Crippen LogP contribution in [-0.2, 0) is 9.53 Å². The van der Waals surface area contributed by atoms with Crippen LogP contribution in [0.4, 0.5) is 0 Å². The van der Waals surface area contributed by atoms with E-state index >= 15 is 0 Å². The Morgan fingerprint density at radius 3 is 1.30 bits per heavy atom. The molecule has 0 aliphatic rings. The van der Waals surface area contributed by atoms with Gasteiger partial charge in [-0.2, -0.15) is 0 Å². The number of carbonyl (C=O) groups is 1. The summed E-state index contributed by atoms with van der Waals surface area (Å²) in [7, 11) is 0. The van der Waals surface area contributed by atoms with Crippen molar-refractivity contribution in [3.8, 4) is 28.7 Å². The fourth-order valence-electron chi connectivity index (χ4n) is 7.96. The molecule has 0 amide bonds. The van der Waals surface area contributed by atoms with Gasteiger partial charge in [-0.05, 0) is 74.6 Å². The third kappa shape index (κ3) is 22.9. The van der Waals surface area contributed by atoms with Crippen molar-refractivity contribution >= 4 is 30.3 Å². The molecule has 1 N–H and O–H groups in total. The average molecular weight is 955 g/mol. The molecule has 3 aromatic carbocycles. The first-order valence-corrected chi connectivity index (χ1v) is 27.6. The number of aliphatic hydroxyl groups excluding tert-OH is 1. The van der Waals surface area contributed by atoms with Crippen LogP contribution in [0.5, 0.6) is 28.7 Å². The zero-order valence-electron chi connectivity index (χ0n) is 44.4. The van der Waals surface area contributed by atoms with Crippen LogP contribution in [0.25, 0.3) is 24.3 Å². The molecular weight excluding hydrogens is 861 g/mol. The molecule has 8 heteroatoms. The van der Waals surface area contributed by atoms with Crippen molar-refractivity contribution in [2.45, 2.75) is 202 Å². The molecule has 8 nitrogen and oxygen atoms in total. The van der Waals surface area contributed by atoms with Gasteiger partial charge in [0.15, 0.2) is 23.0 Å². The Bertz CT molecular complexity index is 1850. The molecule has 0 aromatic heterocycles. The van der Waals surface area contributed by atoms with E-state index in [1.807, 2.05) is 32.0 Å². The molecule has 0 radical (unpaired) electrons. The van der Waals surface area contributed by atoms with E-state index in [-0.39, 0.29) is 18.5 Å². The summed E-state index contributed by atoms with van der Waals surface area (Å²) in [4.78, 5) is 13.2. The quantitative estimate of drug-likeness (QED) is 0.0342. The lowest BCUT2D eigenvalue weighted by atomic mass is 9.99. The van der Waals surface area contributed by atoms with Gasteiger partial charge in [0.2, 0.25) is 5.75 Å². The van der Waals surface area contributed by atoms with Crippen molar-refractivity contribution in [2.24, 2.45) is 5.92 Å². The van der Waals surface area contributed by atoms with Gasteiger partial charge in [-0.3, -0.25) is 4.79 Å². The molecule has 386 valence electrons. The molecule has 69 heavy (non-hydrogen) atoms. The van der Waals surface area contributed by atoms with Crippen LogP contribution in [0.3, 0.4) is 0 Å². The van der Waals surface area contributed by atoms with Crippen LogP contribution < -0.4 is 23.7 Å². The molecular formula is C61H94O8. The highest BCUT2D eigenvalue weighted by Crippen LogP contribution is 2.44. The lowest BCUT2D eigenvalue weighted by molar-refractivity contribution is -0.154. The Morgan fingerprint density at radius 1 is 0.464 bits per heavy atom. The third-order valence-corrected chi connectivity index (χ3v) is 12.6. The Balaban J connectivity index is 2.01. The smallest absolute Gasteiger partial charge is 0.309 e. The number of hydrogen-bond acceptors (Lipinski definition) is 8. The second-order valence-electron chi connectivity index (χ2n) is 18.7. The van der Waals surface area contributed by atoms with E-state index in [0.717, 1.165) is 135 Å². The Hall–Kier alpha value is -4.43. The van der Waals surface area contributed by atoms with Crippen molar-refractivity contribution in [1.29, 1.82) is 0 Å². The normalized spacial score (nSPS) is 12.4. The topological polar surface area (TPSA) is 92.7 Å². The van der Waals surface area contributed by atoms with Crippen LogP contribution in [0, 0.1) is 5.92 Å². The summed E-state index contributed by atoms with van der Waals surface area (Å²) in [5, 5.41) is 9.85. The summed E-state index contributed by atoms with van der Waals surface area (Å²) in [5.74, 6) is 3.06. The van der Waals surface area contributed by atoms with Gasteiger partial charge in [-0.15, -0.1) is 0 Å². The van der Waals surface area contributed by atoms with Crippen LogP contribution in [0.2, 0.25) is 0 Å². The maximum Gasteiger partial charge on any atom is 0.309 e. The molecule has 2 atom stereocenters. The third-order valence-electron chi connectivity index (χ3n) is 12.6. The van der Waals surface area contributed by atoms with Gasteiger partial charge in [-0.25, -0.2) is 0 Å². The molecule has 0 saturated carbocycles. The van der Waals surface area contributed by atoms with Crippen LogP contribution in [0.1, 0.15) is 230 Å². The number of carbonyl (C=O) groups excluding carboxylic acids is 1. The number of benzene rings is 3. The maximum atomic E-state index is 13.2. The molecule has 3 rings (SSSR count). The molecule has 0 fully saturated rings. The SMILES string of the molecule is CCCCCCOc1ccc(C=Cc2ccc(C=Cc3ccc(C(CCCO)OC(=O)C(C)CC)c(OCCCCCC)c3OCCCCCC)cc2)c(OCCCCCC)c1OCCCCCC. The number of aliphatic hydroxyl groups is 1. The summed E-state index contributed by atoms with van der Waals surface area (Å²) >= 11 is 0. The average Bonchev–Trinajstić information content (AvgIpc) is 3.36. The molecule has 2 unspecified atom stereocenters. The van der Waals surface area contributed by atoms with Crippen molar-refractivity contribution < 1.29 is 38.3 Å². The van der Waals surface area contributed by atoms with E-state index in [1.165, 1.54) is 38.5 Å². The van der Waals surface area contributed by atoms with Crippen molar-refractivity contribution in [1.82, 2.24) is 0 Å². The fraction of sp³-hybridized carbons (Fsp3) is 0.623. The monoisotopic (exact) mass is 955 g/mol. The van der Waals surface area contributed by atoms with Gasteiger partial charge in [0, 0.05) is 23.3 Å². The first-order valence-electron chi connectivity index (χ1n) is 27.6. The highest BCUT2D eigenvalue weighted by molar-refractivity contribution is 5.78. The lowest BCUT2D eigenvalue weighted by Crippen LogP contribution is -2.19. The van der Waals surface area contributed by atoms with Gasteiger partial charge in [0.1, 0.15) is 6.10 Å². The van der Waals surface area contributed by atoms with E-state index in [4.69, 9.17) is 28.4 Å². The predicted octanol–water partition coefficient (Wildman–Crippen LogP) is 17.2. The minimum absolute atomic E-state index is 0.00635. The van der Waals surface area contributed by atoms with Crippen molar-refractivity contribution in [3.63, 3.8) is 0 Å². The highest BCUT2D eigenvalue weighted by Gasteiger charge is 2.27. The van der Waals surface area contributed by atoms with E-state index in [9.17, 15) is 9.90 Å². The molecule has 3 aromatic rings. The largest absolute Gasteiger partial charge is 0.490 e. The van der Waals surface area contributed by atoms with Crippen LogP contribution in [0.15, 0.2) is 48.5 Å². The molecule has 0 heterocycles. The zero-order valence-corrected chi connectivity index (χ0v) is 44.4. The lowest BCUT2D eigenvalue weighted by Gasteiger charge is -2.25. The molecule has 0 aliphatic carbocycles. The Labute approximate surface area is 419 Å². The zero-order chi connectivity index (χ0) is 49.7. The van der Waals surface area contributed by atoms with Crippen molar-refractivity contribution in [2.75, 3.05) is 39.6 Å². The summed E-state index contributed by atoms with van der Waals surface area (Å²) < 4.78 is 39.1. The first-order chi connectivity index (χ1) is 33.8. The highest BCUT2D eigenvalue weighted by atomic mass is 16.6. The number of unbranched alkanes of at least 4 members (excludes halogenated alkanes) is 15. The van der Waals surface area contributed by atoms with Crippen molar-refractivity contribution in [3.05, 3.63) is 76.3 Å². The second kappa shape index (κ2) is 37.4. The standard InChI is InChI=1S/C61H94O8/c1-8-14-19-24-44-64-56-42-40-53(58(66-46-26-21-16-10-3)60(56)68-48-28-23-18-12-5)38-36-51-33-31-50(32-34-51)35-37-52-39-41-54(55(30-29-43-62)69-61(63)49(7)13-6)59(67-47-27-22-17-11-4)57(52)65-45-25-20-15-9-2/h31-42,49,55,62H,8-30,43-48H2,1-7H3. The molecule has 0 aliphatic heterocycles. The summed E-state index contributed by atoms with van der Waals surface area (Å²) in [6.07, 6.45) is 31.7. The number of rotatable bonds is 41. The van der Waals surface area contributed by atoms with E-state index < -0.39 is 6.10 Å². The van der Waals surface area contributed by atoms with Gasteiger partial charge >= 0.3 is 5.97 Å². The van der Waals surface area contributed by atoms with E-state index in [1.54, 1.807) is 0 Å². The summed E-state index contributed by atoms with van der Waals surface area (Å²) in [6, 6.07) is 16.7. The predicted molar refractivity (Wildman–Crippen MR) is 290 cm³/mol. The number of hydrogen-bond donors (Lipinski definition) is 1. The minimum atomic E-state index is -0.569. The number of ether oxygens (including phenoxy) is 6. The van der Waals surface area contributed by atoms with Gasteiger partial charge in [0.05, 0.1) is 39.0 Å². The Kier molecular flexibility index (Phi) is 31.9. The summed E-state index contributed by atoms with van der Waals surface area (Å²) in [5.41, 5.74) is 4.77. The van der Waals surface area contributed by atoms with Crippen LogP contribution >= 0.6 is 0 Å². The fourth-order valence-corrected chi connectivity index (χ4v) is 7.96. The summed E-state index contributed by atoms with van der Waals surface area (Å²) in [6.45, 7) is 18.0. The van der Waals surface area contributed by atoms with Gasteiger partial charge < -0.3 is 33.5 Å². The molecule has 0 saturated heterocycles. The van der Waals surface area contributed by atoms with Crippen LogP contribution in [-0.4, -0.2) is 50.7 Å². The van der Waals surface area contributed by atoms with E-state index in [2.05, 4.69) is 89.3 Å². The number of esters is 1.